The van der Waals surface area contributed by atoms with E-state index in [1.54, 1.807) is 18.9 Å². The van der Waals surface area contributed by atoms with Crippen LogP contribution in [0.25, 0.3) is 0 Å². The number of fused-ring (bicyclic) bond motifs is 1. The maximum atomic E-state index is 11.8. The Morgan fingerprint density at radius 3 is 2.81 bits per heavy atom. The van der Waals surface area contributed by atoms with Gasteiger partial charge in [-0.3, -0.25) is 4.79 Å². The Morgan fingerprint density at radius 2 is 2.19 bits per heavy atom. The van der Waals surface area contributed by atoms with Crippen LogP contribution in [0.3, 0.4) is 0 Å². The molecule has 0 fully saturated rings. The smallest absolute Gasteiger partial charge is 0.255 e. The van der Waals surface area contributed by atoms with Crippen LogP contribution in [0.4, 0.5) is 0 Å². The maximum Gasteiger partial charge on any atom is 0.255 e. The summed E-state index contributed by atoms with van der Waals surface area (Å²) in [5.74, 6) is 2.56. The highest BCUT2D eigenvalue weighted by Gasteiger charge is 2.23. The van der Waals surface area contributed by atoms with Crippen molar-refractivity contribution in [2.24, 2.45) is 5.92 Å². The number of hydrogen-bond donors (Lipinski definition) is 1. The number of rotatable bonds is 3. The zero-order valence-corrected chi connectivity index (χ0v) is 10.6. The van der Waals surface area contributed by atoms with E-state index in [1.807, 2.05) is 0 Å². The molecule has 16 heavy (non-hydrogen) atoms. The van der Waals surface area contributed by atoms with E-state index in [2.05, 4.69) is 23.8 Å². The lowest BCUT2D eigenvalue weighted by Crippen LogP contribution is -2.22. The number of nitrogens with zero attached hydrogens (tertiary/aromatic N) is 1. The summed E-state index contributed by atoms with van der Waals surface area (Å²) in [7, 11) is 1.65. The molecule has 88 valence electrons. The molecule has 4 nitrogen and oxygen atoms in total. The summed E-state index contributed by atoms with van der Waals surface area (Å²) < 4.78 is 5.37. The normalized spacial score (nSPS) is 16.5. The summed E-state index contributed by atoms with van der Waals surface area (Å²) >= 11 is 1.73. The lowest BCUT2D eigenvalue weighted by Gasteiger charge is -2.18. The molecule has 0 radical (unpaired) electrons. The van der Waals surface area contributed by atoms with Gasteiger partial charge in [-0.05, 0) is 5.92 Å². The van der Waals surface area contributed by atoms with Gasteiger partial charge in [0.2, 0.25) is 0 Å². The van der Waals surface area contributed by atoms with Crippen molar-refractivity contribution in [1.82, 2.24) is 9.97 Å². The zero-order valence-electron chi connectivity index (χ0n) is 9.74. The molecular weight excluding hydrogens is 224 g/mol. The molecule has 0 amide bonds. The van der Waals surface area contributed by atoms with Crippen molar-refractivity contribution in [2.75, 3.05) is 7.11 Å². The first-order valence-corrected chi connectivity index (χ1v) is 6.51. The number of methoxy groups -OCH3 is 1. The monoisotopic (exact) mass is 240 g/mol. The number of aromatic nitrogens is 2. The van der Waals surface area contributed by atoms with Crippen molar-refractivity contribution in [3.63, 3.8) is 0 Å². The van der Waals surface area contributed by atoms with Crippen LogP contribution >= 0.6 is 11.8 Å². The van der Waals surface area contributed by atoms with Crippen LogP contribution in [-0.4, -0.2) is 17.1 Å². The van der Waals surface area contributed by atoms with Crippen LogP contribution in [-0.2, 0) is 16.2 Å². The Kier molecular flexibility index (Phi) is 3.35. The number of hydrogen-bond acceptors (Lipinski definition) is 4. The molecule has 0 spiro atoms. The summed E-state index contributed by atoms with van der Waals surface area (Å²) in [6, 6.07) is 0. The molecular formula is C11H16N2O2S. The van der Waals surface area contributed by atoms with Crippen LogP contribution in [0.1, 0.15) is 37.0 Å². The highest BCUT2D eigenvalue weighted by atomic mass is 32.2. The molecule has 0 saturated carbocycles. The van der Waals surface area contributed by atoms with E-state index >= 15 is 0 Å². The second-order valence-electron chi connectivity index (χ2n) is 4.27. The highest BCUT2D eigenvalue weighted by Crippen LogP contribution is 2.28. The Bertz CT molecular complexity index is 442. The predicted octanol–water partition coefficient (Wildman–Crippen LogP) is 1.86. The lowest BCUT2D eigenvalue weighted by molar-refractivity contribution is 0.0571. The topological polar surface area (TPSA) is 55.0 Å². The van der Waals surface area contributed by atoms with Crippen molar-refractivity contribution < 1.29 is 4.74 Å². The Balaban J connectivity index is 2.43. The summed E-state index contributed by atoms with van der Waals surface area (Å²) in [5.41, 5.74) is 1.74. The van der Waals surface area contributed by atoms with Crippen molar-refractivity contribution in [2.45, 2.75) is 31.5 Å². The molecule has 1 atom stereocenters. The molecule has 0 saturated heterocycles. The number of thioether (sulfide) groups is 1. The van der Waals surface area contributed by atoms with Crippen molar-refractivity contribution in [3.05, 3.63) is 27.4 Å². The Labute approximate surface area is 98.8 Å². The van der Waals surface area contributed by atoms with E-state index in [0.717, 1.165) is 22.8 Å². The van der Waals surface area contributed by atoms with E-state index in [-0.39, 0.29) is 11.7 Å². The quantitative estimate of drug-likeness (QED) is 0.876. The van der Waals surface area contributed by atoms with E-state index in [9.17, 15) is 4.79 Å². The molecule has 1 aliphatic rings. The van der Waals surface area contributed by atoms with Crippen LogP contribution in [0.15, 0.2) is 4.79 Å². The first-order chi connectivity index (χ1) is 7.63. The minimum atomic E-state index is -0.136. The van der Waals surface area contributed by atoms with Gasteiger partial charge in [0, 0.05) is 24.2 Å². The van der Waals surface area contributed by atoms with Crippen molar-refractivity contribution in [3.8, 4) is 0 Å². The molecule has 2 heterocycles. The average molecular weight is 240 g/mol. The van der Waals surface area contributed by atoms with E-state index in [1.165, 1.54) is 0 Å². The second-order valence-corrected chi connectivity index (χ2v) is 5.26. The number of H-pyrrole nitrogens is 1. The van der Waals surface area contributed by atoms with Gasteiger partial charge in [-0.1, -0.05) is 13.8 Å². The molecule has 0 aliphatic carbocycles. The highest BCUT2D eigenvalue weighted by molar-refractivity contribution is 7.98. The minimum Gasteiger partial charge on any atom is -0.373 e. The minimum absolute atomic E-state index is 0.00676. The van der Waals surface area contributed by atoms with Gasteiger partial charge < -0.3 is 9.72 Å². The molecule has 1 unspecified atom stereocenters. The predicted molar refractivity (Wildman–Crippen MR) is 64.4 cm³/mol. The second kappa shape index (κ2) is 4.59. The summed E-state index contributed by atoms with van der Waals surface area (Å²) in [6.07, 6.45) is -0.136. The standard InChI is InChI=1S/C11H16N2O2S/c1-6(2)9(15-3)10-12-8-5-16-4-7(8)11(14)13-10/h6,9H,4-5H2,1-3H3,(H,12,13,14). The van der Waals surface area contributed by atoms with Crippen LogP contribution < -0.4 is 5.56 Å². The molecule has 1 aromatic heterocycles. The lowest BCUT2D eigenvalue weighted by atomic mass is 10.1. The molecule has 2 rings (SSSR count). The van der Waals surface area contributed by atoms with Crippen LogP contribution in [0, 0.1) is 5.92 Å². The molecule has 5 heteroatoms. The molecule has 1 aliphatic heterocycles. The third-order valence-electron chi connectivity index (χ3n) is 2.73. The van der Waals surface area contributed by atoms with Gasteiger partial charge in [0.25, 0.3) is 5.56 Å². The van der Waals surface area contributed by atoms with E-state index in [0.29, 0.717) is 11.7 Å². The fourth-order valence-corrected chi connectivity index (χ4v) is 2.95. The van der Waals surface area contributed by atoms with E-state index in [4.69, 9.17) is 4.74 Å². The SMILES string of the molecule is COC(c1nc2c(c(=O)[nH]1)CSC2)C(C)C. The zero-order chi connectivity index (χ0) is 11.7. The maximum absolute atomic E-state index is 11.8. The van der Waals surface area contributed by atoms with Gasteiger partial charge >= 0.3 is 0 Å². The van der Waals surface area contributed by atoms with Gasteiger partial charge in [0.1, 0.15) is 11.9 Å². The third kappa shape index (κ3) is 2.01. The van der Waals surface area contributed by atoms with Gasteiger partial charge in [0.05, 0.1) is 5.69 Å². The van der Waals surface area contributed by atoms with Gasteiger partial charge in [-0.25, -0.2) is 4.98 Å². The molecule has 1 aromatic rings. The average Bonchev–Trinajstić information content (AvgIpc) is 2.66. The number of aromatic amines is 1. The number of nitrogens with one attached hydrogen (secondary N) is 1. The fourth-order valence-electron chi connectivity index (χ4n) is 1.92. The van der Waals surface area contributed by atoms with Gasteiger partial charge in [0.15, 0.2) is 0 Å². The van der Waals surface area contributed by atoms with Crippen molar-refractivity contribution in [1.29, 1.82) is 0 Å². The van der Waals surface area contributed by atoms with Crippen LogP contribution in [0.2, 0.25) is 0 Å². The fraction of sp³-hybridized carbons (Fsp3) is 0.636. The summed E-state index contributed by atoms with van der Waals surface area (Å²) in [5, 5.41) is 0. The number of ether oxygens (including phenoxy) is 1. The first-order valence-electron chi connectivity index (χ1n) is 5.36. The Morgan fingerprint density at radius 1 is 1.44 bits per heavy atom. The molecule has 0 aromatic carbocycles. The van der Waals surface area contributed by atoms with Gasteiger partial charge in [-0.15, -0.1) is 0 Å². The largest absolute Gasteiger partial charge is 0.373 e. The Hall–Kier alpha value is -0.810. The third-order valence-corrected chi connectivity index (χ3v) is 3.70. The summed E-state index contributed by atoms with van der Waals surface area (Å²) in [6.45, 7) is 4.10. The van der Waals surface area contributed by atoms with Gasteiger partial charge in [-0.2, -0.15) is 11.8 Å². The summed E-state index contributed by atoms with van der Waals surface area (Å²) in [4.78, 5) is 19.2. The molecule has 1 N–H and O–H groups in total. The van der Waals surface area contributed by atoms with Crippen LogP contribution in [0.5, 0.6) is 0 Å². The van der Waals surface area contributed by atoms with Crippen molar-refractivity contribution >= 4 is 11.8 Å². The molecule has 0 bridgehead atoms. The first kappa shape index (κ1) is 11.7. The van der Waals surface area contributed by atoms with E-state index < -0.39 is 0 Å².